The van der Waals surface area contributed by atoms with Crippen LogP contribution in [0, 0.1) is 0 Å². The first-order valence-electron chi connectivity index (χ1n) is 9.75. The highest BCUT2D eigenvalue weighted by molar-refractivity contribution is 5.27. The summed E-state index contributed by atoms with van der Waals surface area (Å²) < 4.78 is 21.8. The van der Waals surface area contributed by atoms with Gasteiger partial charge < -0.3 is 59.8 Å². The van der Waals surface area contributed by atoms with Gasteiger partial charge in [-0.15, -0.1) is 0 Å². The summed E-state index contributed by atoms with van der Waals surface area (Å²) in [5.74, 6) is 0.265. The molecule has 10 atom stereocenters. The van der Waals surface area contributed by atoms with Gasteiger partial charge in [0.2, 0.25) is 6.29 Å². The second-order valence-electron chi connectivity index (χ2n) is 7.42. The van der Waals surface area contributed by atoms with Crippen LogP contribution in [0.4, 0.5) is 0 Å². The van der Waals surface area contributed by atoms with Crippen molar-refractivity contribution in [2.75, 3.05) is 13.2 Å². The molecule has 0 aromatic heterocycles. The molecule has 0 spiro atoms. The molecule has 1 aromatic rings. The average Bonchev–Trinajstić information content (AvgIpc) is 2.78. The van der Waals surface area contributed by atoms with Crippen LogP contribution < -0.4 is 4.74 Å². The van der Waals surface area contributed by atoms with E-state index >= 15 is 0 Å². The van der Waals surface area contributed by atoms with Crippen molar-refractivity contribution in [3.63, 3.8) is 0 Å². The van der Waals surface area contributed by atoms with Gasteiger partial charge in [0.05, 0.1) is 19.8 Å². The Kier molecular flexibility index (Phi) is 8.18. The monoisotopic (exact) mass is 448 g/mol. The third kappa shape index (κ3) is 5.16. The highest BCUT2D eigenvalue weighted by atomic mass is 16.7. The molecule has 2 aliphatic heterocycles. The molecule has 0 unspecified atom stereocenters. The molecule has 3 rings (SSSR count). The van der Waals surface area contributed by atoms with E-state index in [2.05, 4.69) is 0 Å². The van der Waals surface area contributed by atoms with Gasteiger partial charge in [-0.2, -0.15) is 0 Å². The van der Waals surface area contributed by atoms with Gasteiger partial charge in [-0.1, -0.05) is 12.1 Å². The fourth-order valence-corrected chi connectivity index (χ4v) is 3.45. The minimum atomic E-state index is -1.75. The Morgan fingerprint density at radius 2 is 1.26 bits per heavy atom. The molecule has 0 bridgehead atoms. The van der Waals surface area contributed by atoms with Gasteiger partial charge in [-0.05, 0) is 17.7 Å². The molecule has 2 saturated heterocycles. The lowest BCUT2D eigenvalue weighted by molar-refractivity contribution is -0.352. The Hall–Kier alpha value is -1.42. The standard InChI is InChI=1S/C19H28O12/c20-5-8-1-3-9(4-2-8)28-19-16(27)17(13(24)11(7-22)30-19)31-18-15(26)14(25)12(23)10(6-21)29-18/h1-4,10-27H,5-7H2/t10-,11-,12-,13-,14+,15-,16-,17+,18+,19-/m1/s1. The highest BCUT2D eigenvalue weighted by Gasteiger charge is 2.51. The van der Waals surface area contributed by atoms with Crippen molar-refractivity contribution in [1.29, 1.82) is 0 Å². The topological polar surface area (TPSA) is 199 Å². The van der Waals surface area contributed by atoms with Crippen LogP contribution in [0.1, 0.15) is 5.56 Å². The van der Waals surface area contributed by atoms with Crippen LogP contribution in [0.15, 0.2) is 24.3 Å². The molecular weight excluding hydrogens is 420 g/mol. The largest absolute Gasteiger partial charge is 0.462 e. The van der Waals surface area contributed by atoms with Gasteiger partial charge in [-0.25, -0.2) is 0 Å². The maximum absolute atomic E-state index is 10.7. The van der Waals surface area contributed by atoms with E-state index in [0.29, 0.717) is 5.56 Å². The minimum Gasteiger partial charge on any atom is -0.462 e. The maximum atomic E-state index is 10.7. The summed E-state index contributed by atoms with van der Waals surface area (Å²) in [6.07, 6.45) is -15.2. The summed E-state index contributed by atoms with van der Waals surface area (Å²) >= 11 is 0. The van der Waals surface area contributed by atoms with Crippen molar-refractivity contribution in [2.24, 2.45) is 0 Å². The Morgan fingerprint density at radius 1 is 0.677 bits per heavy atom. The van der Waals surface area contributed by atoms with E-state index < -0.39 is 74.6 Å². The van der Waals surface area contributed by atoms with Crippen molar-refractivity contribution < 1.29 is 59.8 Å². The summed E-state index contributed by atoms with van der Waals surface area (Å²) in [7, 11) is 0. The Bertz CT molecular complexity index is 685. The van der Waals surface area contributed by atoms with Gasteiger partial charge in [0, 0.05) is 0 Å². The average molecular weight is 448 g/mol. The summed E-state index contributed by atoms with van der Waals surface area (Å²) in [5.41, 5.74) is 0.630. The number of hydrogen-bond donors (Lipinski definition) is 8. The number of benzene rings is 1. The fourth-order valence-electron chi connectivity index (χ4n) is 3.45. The van der Waals surface area contributed by atoms with Crippen molar-refractivity contribution in [1.82, 2.24) is 0 Å². The number of hydrogen-bond acceptors (Lipinski definition) is 12. The number of aliphatic hydroxyl groups is 8. The van der Waals surface area contributed by atoms with Crippen LogP contribution >= 0.6 is 0 Å². The molecule has 176 valence electrons. The zero-order valence-corrected chi connectivity index (χ0v) is 16.4. The quantitative estimate of drug-likeness (QED) is 0.203. The first-order valence-corrected chi connectivity index (χ1v) is 9.75. The lowest BCUT2D eigenvalue weighted by Crippen LogP contribution is -2.65. The molecule has 1 aromatic carbocycles. The predicted octanol–water partition coefficient (Wildman–Crippen LogP) is -3.82. The summed E-state index contributed by atoms with van der Waals surface area (Å²) in [6, 6.07) is 6.22. The van der Waals surface area contributed by atoms with Crippen molar-refractivity contribution in [2.45, 2.75) is 68.0 Å². The smallest absolute Gasteiger partial charge is 0.229 e. The van der Waals surface area contributed by atoms with Crippen LogP contribution in [0.2, 0.25) is 0 Å². The van der Waals surface area contributed by atoms with E-state index in [1.54, 1.807) is 12.1 Å². The number of aliphatic hydroxyl groups excluding tert-OH is 8. The molecule has 0 saturated carbocycles. The zero-order valence-electron chi connectivity index (χ0n) is 16.4. The first kappa shape index (κ1) is 24.2. The van der Waals surface area contributed by atoms with Crippen LogP contribution in [0.5, 0.6) is 5.75 Å². The van der Waals surface area contributed by atoms with E-state index in [1.165, 1.54) is 12.1 Å². The summed E-state index contributed by atoms with van der Waals surface area (Å²) in [6.45, 7) is -1.50. The Labute approximate surface area is 177 Å². The molecule has 12 heteroatoms. The third-order valence-electron chi connectivity index (χ3n) is 5.32. The molecule has 31 heavy (non-hydrogen) atoms. The van der Waals surface area contributed by atoms with E-state index in [-0.39, 0.29) is 12.4 Å². The molecule has 8 N–H and O–H groups in total. The lowest BCUT2D eigenvalue weighted by atomic mass is 9.97. The van der Waals surface area contributed by atoms with E-state index in [1.807, 2.05) is 0 Å². The third-order valence-corrected chi connectivity index (χ3v) is 5.32. The lowest BCUT2D eigenvalue weighted by Gasteiger charge is -2.45. The Balaban J connectivity index is 1.75. The molecule has 0 radical (unpaired) electrons. The molecular formula is C19H28O12. The first-order chi connectivity index (χ1) is 14.8. The van der Waals surface area contributed by atoms with Gasteiger partial charge >= 0.3 is 0 Å². The van der Waals surface area contributed by atoms with Crippen molar-refractivity contribution >= 4 is 0 Å². The molecule has 2 aliphatic rings. The van der Waals surface area contributed by atoms with Gasteiger partial charge in [0.1, 0.15) is 54.6 Å². The SMILES string of the molecule is OCc1ccc(O[C@@H]2O[C@H](CO)[C@@H](O)[C@H](O[C@@H]3O[C@H](CO)[C@@H](O)[C@H](O)[C@H]3O)[C@H]2O)cc1. The van der Waals surface area contributed by atoms with Crippen molar-refractivity contribution in [3.05, 3.63) is 29.8 Å². The normalized spacial score (nSPS) is 41.2. The van der Waals surface area contributed by atoms with Crippen LogP contribution in [-0.2, 0) is 20.8 Å². The van der Waals surface area contributed by atoms with Gasteiger partial charge in [-0.3, -0.25) is 0 Å². The second-order valence-corrected chi connectivity index (χ2v) is 7.42. The Morgan fingerprint density at radius 3 is 1.84 bits per heavy atom. The van der Waals surface area contributed by atoms with Crippen LogP contribution in [0.3, 0.4) is 0 Å². The van der Waals surface area contributed by atoms with E-state index in [9.17, 15) is 35.7 Å². The van der Waals surface area contributed by atoms with Gasteiger partial charge in [0.25, 0.3) is 0 Å². The molecule has 0 aliphatic carbocycles. The van der Waals surface area contributed by atoms with Crippen LogP contribution in [-0.4, -0.2) is 115 Å². The maximum Gasteiger partial charge on any atom is 0.229 e. The number of rotatable bonds is 7. The van der Waals surface area contributed by atoms with E-state index in [0.717, 1.165) is 0 Å². The second kappa shape index (κ2) is 10.5. The molecule has 2 heterocycles. The van der Waals surface area contributed by atoms with Crippen molar-refractivity contribution in [3.8, 4) is 5.75 Å². The molecule has 2 fully saturated rings. The summed E-state index contributed by atoms with van der Waals surface area (Å²) in [5, 5.41) is 79.0. The van der Waals surface area contributed by atoms with E-state index in [4.69, 9.17) is 24.1 Å². The highest BCUT2D eigenvalue weighted by Crippen LogP contribution is 2.30. The predicted molar refractivity (Wildman–Crippen MR) is 99.4 cm³/mol. The number of ether oxygens (including phenoxy) is 4. The zero-order chi connectivity index (χ0) is 22.7. The molecule has 0 amide bonds. The molecule has 12 nitrogen and oxygen atoms in total. The summed E-state index contributed by atoms with van der Waals surface area (Å²) in [4.78, 5) is 0. The van der Waals surface area contributed by atoms with Gasteiger partial charge in [0.15, 0.2) is 6.29 Å². The van der Waals surface area contributed by atoms with Crippen LogP contribution in [0.25, 0.3) is 0 Å². The minimum absolute atomic E-state index is 0.170. The fraction of sp³-hybridized carbons (Fsp3) is 0.684.